The van der Waals surface area contributed by atoms with Gasteiger partial charge in [0.2, 0.25) is 0 Å². The molecule has 1 heterocycles. The van der Waals surface area contributed by atoms with Crippen LogP contribution >= 0.6 is 0 Å². The Kier molecular flexibility index (Phi) is 5.07. The maximum Gasteiger partial charge on any atom is 0.127 e. The summed E-state index contributed by atoms with van der Waals surface area (Å²) in [4.78, 5) is 0. The third kappa shape index (κ3) is 3.76. The van der Waals surface area contributed by atoms with Crippen molar-refractivity contribution in [2.75, 3.05) is 13.2 Å². The van der Waals surface area contributed by atoms with E-state index in [0.29, 0.717) is 12.6 Å². The van der Waals surface area contributed by atoms with Gasteiger partial charge in [-0.25, -0.2) is 0 Å². The van der Waals surface area contributed by atoms with Crippen molar-refractivity contribution in [3.8, 4) is 11.5 Å². The third-order valence-corrected chi connectivity index (χ3v) is 3.27. The second-order valence-corrected chi connectivity index (χ2v) is 5.53. The Labute approximate surface area is 122 Å². The monoisotopic (exact) mass is 275 g/mol. The van der Waals surface area contributed by atoms with E-state index in [-0.39, 0.29) is 6.10 Å². The Morgan fingerprint density at radius 3 is 2.95 bits per heavy atom. The normalized spacial score (nSPS) is 17.6. The van der Waals surface area contributed by atoms with Gasteiger partial charge in [-0.2, -0.15) is 0 Å². The number of hydrogen-bond donors (Lipinski definition) is 1. The zero-order valence-electron chi connectivity index (χ0n) is 12.9. The van der Waals surface area contributed by atoms with Crippen LogP contribution in [0.4, 0.5) is 0 Å². The van der Waals surface area contributed by atoms with Gasteiger partial charge in [0.05, 0.1) is 6.61 Å². The van der Waals surface area contributed by atoms with Gasteiger partial charge in [-0.05, 0) is 26.0 Å². The van der Waals surface area contributed by atoms with Crippen LogP contribution in [0.25, 0.3) is 6.08 Å². The van der Waals surface area contributed by atoms with Crippen molar-refractivity contribution in [2.45, 2.75) is 46.3 Å². The summed E-state index contributed by atoms with van der Waals surface area (Å²) in [5.41, 5.74) is 2.34. The molecule has 0 aliphatic carbocycles. The molecule has 1 atom stereocenters. The molecule has 3 heteroatoms. The summed E-state index contributed by atoms with van der Waals surface area (Å²) in [5, 5.41) is 3.37. The fourth-order valence-corrected chi connectivity index (χ4v) is 2.36. The Balaban J connectivity index is 2.16. The average molecular weight is 275 g/mol. The van der Waals surface area contributed by atoms with E-state index in [9.17, 15) is 0 Å². The molecule has 1 aromatic carbocycles. The molecular weight excluding hydrogens is 250 g/mol. The summed E-state index contributed by atoms with van der Waals surface area (Å²) in [6.07, 6.45) is 5.46. The second-order valence-electron chi connectivity index (χ2n) is 5.53. The van der Waals surface area contributed by atoms with E-state index >= 15 is 0 Å². The number of rotatable bonds is 6. The largest absolute Gasteiger partial charge is 0.493 e. The SMILES string of the molecule is CCOc1cc2c(cc1C=CCNC(C)C)OC(C)C2. The minimum atomic E-state index is 0.265. The number of nitrogens with one attached hydrogen (secondary N) is 1. The van der Waals surface area contributed by atoms with E-state index in [4.69, 9.17) is 9.47 Å². The summed E-state index contributed by atoms with van der Waals surface area (Å²) in [6, 6.07) is 4.71. The van der Waals surface area contributed by atoms with E-state index in [0.717, 1.165) is 30.0 Å². The number of benzene rings is 1. The Hall–Kier alpha value is -1.48. The Morgan fingerprint density at radius 1 is 1.45 bits per heavy atom. The minimum Gasteiger partial charge on any atom is -0.493 e. The van der Waals surface area contributed by atoms with Gasteiger partial charge < -0.3 is 14.8 Å². The summed E-state index contributed by atoms with van der Waals surface area (Å²) in [7, 11) is 0. The van der Waals surface area contributed by atoms with E-state index in [1.807, 2.05) is 6.92 Å². The molecule has 0 bridgehead atoms. The lowest BCUT2D eigenvalue weighted by atomic mass is 10.1. The first-order valence-electron chi connectivity index (χ1n) is 7.46. The molecule has 20 heavy (non-hydrogen) atoms. The summed E-state index contributed by atoms with van der Waals surface area (Å²) in [5.74, 6) is 1.95. The van der Waals surface area contributed by atoms with Crippen LogP contribution < -0.4 is 14.8 Å². The molecule has 1 unspecified atom stereocenters. The first kappa shape index (κ1) is 14.9. The highest BCUT2D eigenvalue weighted by atomic mass is 16.5. The Bertz CT molecular complexity index is 480. The van der Waals surface area contributed by atoms with E-state index in [1.165, 1.54) is 5.56 Å². The van der Waals surface area contributed by atoms with Crippen LogP contribution in [-0.2, 0) is 6.42 Å². The summed E-state index contributed by atoms with van der Waals surface area (Å²) in [6.45, 7) is 9.94. The molecule has 1 N–H and O–H groups in total. The lowest BCUT2D eigenvalue weighted by Gasteiger charge is -2.10. The van der Waals surface area contributed by atoms with Gasteiger partial charge in [0.25, 0.3) is 0 Å². The van der Waals surface area contributed by atoms with E-state index < -0.39 is 0 Å². The maximum atomic E-state index is 5.82. The maximum absolute atomic E-state index is 5.82. The van der Waals surface area contributed by atoms with Crippen molar-refractivity contribution in [3.05, 3.63) is 29.3 Å². The second kappa shape index (κ2) is 6.80. The molecule has 0 amide bonds. The number of hydrogen-bond acceptors (Lipinski definition) is 3. The zero-order chi connectivity index (χ0) is 14.5. The van der Waals surface area contributed by atoms with Crippen molar-refractivity contribution in [1.82, 2.24) is 5.32 Å². The smallest absolute Gasteiger partial charge is 0.127 e. The van der Waals surface area contributed by atoms with Crippen LogP contribution in [0.3, 0.4) is 0 Å². The molecule has 3 nitrogen and oxygen atoms in total. The summed E-state index contributed by atoms with van der Waals surface area (Å²) >= 11 is 0. The van der Waals surface area contributed by atoms with Gasteiger partial charge in [0, 0.05) is 30.1 Å². The lowest BCUT2D eigenvalue weighted by Crippen LogP contribution is -2.22. The predicted molar refractivity (Wildman–Crippen MR) is 83.6 cm³/mol. The highest BCUT2D eigenvalue weighted by Crippen LogP contribution is 2.35. The number of fused-ring (bicyclic) bond motifs is 1. The quantitative estimate of drug-likeness (QED) is 0.863. The van der Waals surface area contributed by atoms with Crippen LogP contribution in [0.15, 0.2) is 18.2 Å². The molecule has 0 aromatic heterocycles. The van der Waals surface area contributed by atoms with Gasteiger partial charge in [-0.15, -0.1) is 0 Å². The first-order valence-corrected chi connectivity index (χ1v) is 7.46. The van der Waals surface area contributed by atoms with E-state index in [2.05, 4.69) is 50.4 Å². The van der Waals surface area contributed by atoms with Crippen molar-refractivity contribution in [2.24, 2.45) is 0 Å². The molecule has 0 saturated carbocycles. The molecule has 0 radical (unpaired) electrons. The van der Waals surface area contributed by atoms with Crippen LogP contribution in [-0.4, -0.2) is 25.3 Å². The minimum absolute atomic E-state index is 0.265. The standard InChI is InChI=1S/C17H25NO2/c1-5-19-16-11-15-9-13(4)20-17(15)10-14(16)7-6-8-18-12(2)3/h6-7,10-13,18H,5,8-9H2,1-4H3. The van der Waals surface area contributed by atoms with Gasteiger partial charge >= 0.3 is 0 Å². The van der Waals surface area contributed by atoms with Crippen LogP contribution in [0, 0.1) is 0 Å². The highest BCUT2D eigenvalue weighted by Gasteiger charge is 2.21. The average Bonchev–Trinajstić information content (AvgIpc) is 2.74. The van der Waals surface area contributed by atoms with Crippen molar-refractivity contribution >= 4 is 6.08 Å². The molecule has 0 saturated heterocycles. The predicted octanol–water partition coefficient (Wildman–Crippen LogP) is 3.42. The molecule has 0 spiro atoms. The number of ether oxygens (including phenoxy) is 2. The fraction of sp³-hybridized carbons (Fsp3) is 0.529. The van der Waals surface area contributed by atoms with Crippen LogP contribution in [0.2, 0.25) is 0 Å². The highest BCUT2D eigenvalue weighted by molar-refractivity contribution is 5.62. The molecule has 1 aliphatic rings. The molecule has 1 aromatic rings. The molecule has 2 rings (SSSR count). The van der Waals surface area contributed by atoms with Gasteiger partial charge in [0.15, 0.2) is 0 Å². The molecule has 0 fully saturated rings. The van der Waals surface area contributed by atoms with Crippen molar-refractivity contribution < 1.29 is 9.47 Å². The zero-order valence-corrected chi connectivity index (χ0v) is 12.9. The first-order chi connectivity index (χ1) is 9.60. The fourth-order valence-electron chi connectivity index (χ4n) is 2.36. The van der Waals surface area contributed by atoms with Gasteiger partial charge in [-0.1, -0.05) is 26.0 Å². The van der Waals surface area contributed by atoms with E-state index in [1.54, 1.807) is 0 Å². The third-order valence-electron chi connectivity index (χ3n) is 3.27. The molecule has 1 aliphatic heterocycles. The summed E-state index contributed by atoms with van der Waals surface area (Å²) < 4.78 is 11.6. The molecule has 110 valence electrons. The van der Waals surface area contributed by atoms with Crippen LogP contribution in [0.1, 0.15) is 38.8 Å². The van der Waals surface area contributed by atoms with Crippen molar-refractivity contribution in [1.29, 1.82) is 0 Å². The van der Waals surface area contributed by atoms with Crippen LogP contribution in [0.5, 0.6) is 11.5 Å². The van der Waals surface area contributed by atoms with Crippen molar-refractivity contribution in [3.63, 3.8) is 0 Å². The topological polar surface area (TPSA) is 30.5 Å². The Morgan fingerprint density at radius 2 is 2.25 bits per heavy atom. The lowest BCUT2D eigenvalue weighted by molar-refractivity contribution is 0.254. The molecular formula is C17H25NO2. The van der Waals surface area contributed by atoms with Gasteiger partial charge in [0.1, 0.15) is 17.6 Å². The van der Waals surface area contributed by atoms with Gasteiger partial charge in [-0.3, -0.25) is 0 Å².